The van der Waals surface area contributed by atoms with Gasteiger partial charge in [0.15, 0.2) is 0 Å². The lowest BCUT2D eigenvalue weighted by Gasteiger charge is -2.13. The number of nitrogens with zero attached hydrogens (tertiary/aromatic N) is 2. The number of nitrogens with one attached hydrogen (secondary N) is 1. The summed E-state index contributed by atoms with van der Waals surface area (Å²) in [5.74, 6) is 0.303. The van der Waals surface area contributed by atoms with Crippen molar-refractivity contribution in [3.63, 3.8) is 0 Å². The van der Waals surface area contributed by atoms with E-state index < -0.39 is 0 Å². The third-order valence-corrected chi connectivity index (χ3v) is 4.55. The zero-order valence-corrected chi connectivity index (χ0v) is 14.5. The highest BCUT2D eigenvalue weighted by Crippen LogP contribution is 2.24. The summed E-state index contributed by atoms with van der Waals surface area (Å²) in [4.78, 5) is 21.1. The Kier molecular flexibility index (Phi) is 5.01. The fraction of sp³-hybridized carbons (Fsp3) is 0.211. The van der Waals surface area contributed by atoms with Crippen LogP contribution in [0.3, 0.4) is 0 Å². The summed E-state index contributed by atoms with van der Waals surface area (Å²) >= 11 is 1.51. The lowest BCUT2D eigenvalue weighted by atomic mass is 10.0. The number of thiazole rings is 1. The van der Waals surface area contributed by atoms with Gasteiger partial charge in [-0.25, -0.2) is 4.98 Å². The van der Waals surface area contributed by atoms with E-state index in [2.05, 4.69) is 29.1 Å². The van der Waals surface area contributed by atoms with Crippen molar-refractivity contribution in [1.29, 1.82) is 0 Å². The number of benzene rings is 1. The molecule has 0 atom stereocenters. The Morgan fingerprint density at radius 3 is 2.71 bits per heavy atom. The van der Waals surface area contributed by atoms with Gasteiger partial charge >= 0.3 is 0 Å². The van der Waals surface area contributed by atoms with Crippen molar-refractivity contribution in [2.75, 3.05) is 5.32 Å². The molecular weight excluding hydrogens is 318 g/mol. The smallest absolute Gasteiger partial charge is 0.230 e. The van der Waals surface area contributed by atoms with Crippen molar-refractivity contribution in [1.82, 2.24) is 9.97 Å². The molecule has 4 nitrogen and oxygen atoms in total. The van der Waals surface area contributed by atoms with Crippen LogP contribution in [0.1, 0.15) is 31.0 Å². The molecule has 0 radical (unpaired) electrons. The second-order valence-electron chi connectivity index (χ2n) is 5.83. The minimum atomic E-state index is -0.0547. The fourth-order valence-electron chi connectivity index (χ4n) is 2.47. The van der Waals surface area contributed by atoms with E-state index in [0.29, 0.717) is 5.92 Å². The number of hydrogen-bond donors (Lipinski definition) is 1. The Bertz CT molecular complexity index is 827. The van der Waals surface area contributed by atoms with Crippen molar-refractivity contribution in [3.8, 4) is 10.7 Å². The molecule has 2 heterocycles. The highest BCUT2D eigenvalue weighted by Gasteiger charge is 2.12. The molecule has 0 aliphatic rings. The van der Waals surface area contributed by atoms with Crippen molar-refractivity contribution in [3.05, 3.63) is 65.3 Å². The van der Waals surface area contributed by atoms with Crippen LogP contribution >= 0.6 is 11.3 Å². The van der Waals surface area contributed by atoms with E-state index in [1.807, 2.05) is 47.8 Å². The highest BCUT2D eigenvalue weighted by molar-refractivity contribution is 7.13. The van der Waals surface area contributed by atoms with E-state index in [9.17, 15) is 4.79 Å². The maximum absolute atomic E-state index is 12.3. The van der Waals surface area contributed by atoms with Crippen LogP contribution in [-0.4, -0.2) is 15.9 Å². The molecule has 1 N–H and O–H groups in total. The van der Waals surface area contributed by atoms with Crippen LogP contribution in [0, 0.1) is 0 Å². The number of pyridine rings is 1. The number of hydrogen-bond acceptors (Lipinski definition) is 4. The van der Waals surface area contributed by atoms with Gasteiger partial charge in [-0.2, -0.15) is 0 Å². The Morgan fingerprint density at radius 1 is 1.17 bits per heavy atom. The topological polar surface area (TPSA) is 54.9 Å². The predicted molar refractivity (Wildman–Crippen MR) is 98.2 cm³/mol. The molecule has 0 saturated heterocycles. The first kappa shape index (κ1) is 16.3. The molecule has 0 aliphatic carbocycles. The van der Waals surface area contributed by atoms with Gasteiger partial charge in [-0.15, -0.1) is 11.3 Å². The minimum absolute atomic E-state index is 0.0547. The molecule has 5 heteroatoms. The maximum Gasteiger partial charge on any atom is 0.230 e. The van der Waals surface area contributed by atoms with Crippen LogP contribution in [0.2, 0.25) is 0 Å². The quantitative estimate of drug-likeness (QED) is 0.745. The summed E-state index contributed by atoms with van der Waals surface area (Å²) in [6.07, 6.45) is 2.00. The van der Waals surface area contributed by atoms with E-state index >= 15 is 0 Å². The lowest BCUT2D eigenvalue weighted by molar-refractivity contribution is -0.115. The van der Waals surface area contributed by atoms with Gasteiger partial charge in [-0.05, 0) is 29.7 Å². The van der Waals surface area contributed by atoms with Crippen molar-refractivity contribution >= 4 is 22.9 Å². The van der Waals surface area contributed by atoms with Gasteiger partial charge < -0.3 is 5.32 Å². The zero-order chi connectivity index (χ0) is 16.9. The Hall–Kier alpha value is -2.53. The van der Waals surface area contributed by atoms with Gasteiger partial charge in [0.1, 0.15) is 5.01 Å². The van der Waals surface area contributed by atoms with Gasteiger partial charge in [0.05, 0.1) is 17.8 Å². The van der Waals surface area contributed by atoms with E-state index in [1.54, 1.807) is 6.20 Å². The van der Waals surface area contributed by atoms with Crippen molar-refractivity contribution < 1.29 is 4.79 Å². The monoisotopic (exact) mass is 337 g/mol. The molecule has 122 valence electrons. The third-order valence-electron chi connectivity index (χ3n) is 3.63. The van der Waals surface area contributed by atoms with E-state index in [-0.39, 0.29) is 12.3 Å². The number of carbonyl (C=O) groups excluding carboxylic acids is 1. The normalized spacial score (nSPS) is 10.8. The molecule has 0 bridgehead atoms. The number of anilines is 1. The maximum atomic E-state index is 12.3. The van der Waals surface area contributed by atoms with E-state index in [1.165, 1.54) is 11.3 Å². The number of amides is 1. The Balaban J connectivity index is 1.69. The van der Waals surface area contributed by atoms with Gasteiger partial charge in [0.25, 0.3) is 0 Å². The summed E-state index contributed by atoms with van der Waals surface area (Å²) in [5.41, 5.74) is 3.61. The Labute approximate surface area is 145 Å². The number of aromatic nitrogens is 2. The van der Waals surface area contributed by atoms with Gasteiger partial charge in [-0.1, -0.05) is 38.1 Å². The van der Waals surface area contributed by atoms with E-state index in [0.717, 1.165) is 27.6 Å². The molecule has 0 saturated carbocycles. The number of rotatable bonds is 5. The van der Waals surface area contributed by atoms with E-state index in [4.69, 9.17) is 0 Å². The molecule has 1 amide bonds. The first-order valence-corrected chi connectivity index (χ1v) is 8.76. The molecule has 2 aromatic heterocycles. The Morgan fingerprint density at radius 2 is 1.96 bits per heavy atom. The molecule has 0 spiro atoms. The average Bonchev–Trinajstić information content (AvgIpc) is 3.04. The van der Waals surface area contributed by atoms with Crippen LogP contribution in [0.4, 0.5) is 5.69 Å². The summed E-state index contributed by atoms with van der Waals surface area (Å²) in [6.45, 7) is 4.23. The van der Waals surface area contributed by atoms with Crippen LogP contribution in [-0.2, 0) is 11.2 Å². The average molecular weight is 337 g/mol. The summed E-state index contributed by atoms with van der Waals surface area (Å²) in [6, 6.07) is 13.6. The minimum Gasteiger partial charge on any atom is -0.325 e. The van der Waals surface area contributed by atoms with Crippen LogP contribution in [0.25, 0.3) is 10.7 Å². The molecule has 3 aromatic rings. The fourth-order valence-corrected chi connectivity index (χ4v) is 3.26. The number of para-hydroxylation sites is 1. The first-order valence-electron chi connectivity index (χ1n) is 7.88. The highest BCUT2D eigenvalue weighted by atomic mass is 32.1. The lowest BCUT2D eigenvalue weighted by Crippen LogP contribution is -2.16. The molecule has 0 aliphatic heterocycles. The van der Waals surface area contributed by atoms with Gasteiger partial charge in [0.2, 0.25) is 5.91 Å². The summed E-state index contributed by atoms with van der Waals surface area (Å²) in [5, 5.41) is 5.75. The molecular formula is C19H19N3OS. The zero-order valence-electron chi connectivity index (χ0n) is 13.7. The molecule has 1 aromatic carbocycles. The van der Waals surface area contributed by atoms with Gasteiger partial charge in [-0.3, -0.25) is 9.78 Å². The summed E-state index contributed by atoms with van der Waals surface area (Å²) in [7, 11) is 0. The standard InChI is InChI=1S/C19H19N3OS/c1-13(2)15-7-3-4-8-16(15)22-18(23)11-14-12-24-19(21-14)17-9-5-6-10-20-17/h3-10,12-13H,11H2,1-2H3,(H,22,23). The second kappa shape index (κ2) is 7.36. The van der Waals surface area contributed by atoms with Crippen LogP contribution in [0.5, 0.6) is 0 Å². The largest absolute Gasteiger partial charge is 0.325 e. The SMILES string of the molecule is CC(C)c1ccccc1NC(=O)Cc1csc(-c2ccccn2)n1. The predicted octanol–water partition coefficient (Wildman–Crippen LogP) is 4.51. The van der Waals surface area contributed by atoms with Crippen molar-refractivity contribution in [2.24, 2.45) is 0 Å². The molecule has 24 heavy (non-hydrogen) atoms. The summed E-state index contributed by atoms with van der Waals surface area (Å²) < 4.78 is 0. The van der Waals surface area contributed by atoms with Crippen LogP contribution in [0.15, 0.2) is 54.0 Å². The van der Waals surface area contributed by atoms with Crippen molar-refractivity contribution in [2.45, 2.75) is 26.2 Å². The third kappa shape index (κ3) is 3.86. The number of carbonyl (C=O) groups is 1. The van der Waals surface area contributed by atoms with Gasteiger partial charge in [0, 0.05) is 17.3 Å². The molecule has 0 fully saturated rings. The molecule has 3 rings (SSSR count). The first-order chi connectivity index (χ1) is 11.6. The molecule has 0 unspecified atom stereocenters. The van der Waals surface area contributed by atoms with Crippen LogP contribution < -0.4 is 5.32 Å². The second-order valence-corrected chi connectivity index (χ2v) is 6.68.